The van der Waals surface area contributed by atoms with E-state index in [1.807, 2.05) is 4.90 Å². The number of nitrogens with zero attached hydrogens (tertiary/aromatic N) is 1. The standard InChI is InChI=1S/C15H22INO2/c1-4-6-9-17(11(3)5-2)15(19)12-7-8-13(16)14(18)10-12/h7-8,10-11,18H,4-6,9H2,1-3H3. The Labute approximate surface area is 129 Å². The Morgan fingerprint density at radius 1 is 1.42 bits per heavy atom. The molecule has 0 saturated carbocycles. The van der Waals surface area contributed by atoms with E-state index in [1.54, 1.807) is 18.2 Å². The lowest BCUT2D eigenvalue weighted by molar-refractivity contribution is 0.0685. The van der Waals surface area contributed by atoms with Gasteiger partial charge in [-0.25, -0.2) is 0 Å². The summed E-state index contributed by atoms with van der Waals surface area (Å²) in [6.45, 7) is 7.05. The predicted molar refractivity (Wildman–Crippen MR) is 86.5 cm³/mol. The summed E-state index contributed by atoms with van der Waals surface area (Å²) in [5.74, 6) is 0.181. The van der Waals surface area contributed by atoms with Gasteiger partial charge in [0.05, 0.1) is 3.57 Å². The summed E-state index contributed by atoms with van der Waals surface area (Å²) >= 11 is 2.05. The number of hydrogen-bond acceptors (Lipinski definition) is 2. The Balaban J connectivity index is 2.94. The molecule has 1 aromatic carbocycles. The third-order valence-electron chi connectivity index (χ3n) is 3.33. The number of halogens is 1. The van der Waals surface area contributed by atoms with Gasteiger partial charge in [-0.3, -0.25) is 4.79 Å². The van der Waals surface area contributed by atoms with E-state index in [-0.39, 0.29) is 17.7 Å². The summed E-state index contributed by atoms with van der Waals surface area (Å²) in [4.78, 5) is 14.4. The number of carbonyl (C=O) groups is 1. The average Bonchev–Trinajstić information content (AvgIpc) is 2.41. The highest BCUT2D eigenvalue weighted by Crippen LogP contribution is 2.22. The smallest absolute Gasteiger partial charge is 0.254 e. The molecule has 4 heteroatoms. The van der Waals surface area contributed by atoms with E-state index >= 15 is 0 Å². The van der Waals surface area contributed by atoms with Crippen LogP contribution in [-0.2, 0) is 0 Å². The second-order valence-corrected chi connectivity index (χ2v) is 5.94. The Morgan fingerprint density at radius 2 is 2.11 bits per heavy atom. The lowest BCUT2D eigenvalue weighted by atomic mass is 10.1. The molecule has 0 aliphatic rings. The molecule has 1 rings (SSSR count). The number of aromatic hydroxyl groups is 1. The minimum absolute atomic E-state index is 0.00880. The summed E-state index contributed by atoms with van der Waals surface area (Å²) in [7, 11) is 0. The molecule has 3 nitrogen and oxygen atoms in total. The average molecular weight is 375 g/mol. The fourth-order valence-corrected chi connectivity index (χ4v) is 2.22. The molecule has 1 amide bonds. The van der Waals surface area contributed by atoms with Crippen molar-refractivity contribution in [3.05, 3.63) is 27.3 Å². The molecule has 0 aromatic heterocycles. The Morgan fingerprint density at radius 3 is 2.63 bits per heavy atom. The molecular weight excluding hydrogens is 353 g/mol. The topological polar surface area (TPSA) is 40.5 Å². The highest BCUT2D eigenvalue weighted by Gasteiger charge is 2.20. The molecule has 1 atom stereocenters. The van der Waals surface area contributed by atoms with E-state index in [0.717, 1.165) is 29.4 Å². The number of benzene rings is 1. The number of hydrogen-bond donors (Lipinski definition) is 1. The molecule has 0 aliphatic heterocycles. The van der Waals surface area contributed by atoms with E-state index in [9.17, 15) is 9.90 Å². The number of phenols is 1. The molecule has 0 heterocycles. The molecule has 0 saturated heterocycles. The molecule has 0 spiro atoms. The first-order valence-electron chi connectivity index (χ1n) is 6.80. The fraction of sp³-hybridized carbons (Fsp3) is 0.533. The summed E-state index contributed by atoms with van der Waals surface area (Å²) in [5.41, 5.74) is 0.564. The summed E-state index contributed by atoms with van der Waals surface area (Å²) in [5, 5.41) is 9.72. The van der Waals surface area contributed by atoms with Crippen molar-refractivity contribution in [2.45, 2.75) is 46.1 Å². The van der Waals surface area contributed by atoms with Gasteiger partial charge < -0.3 is 10.0 Å². The van der Waals surface area contributed by atoms with Crippen molar-refractivity contribution in [2.24, 2.45) is 0 Å². The fourth-order valence-electron chi connectivity index (χ4n) is 1.88. The monoisotopic (exact) mass is 375 g/mol. The molecule has 1 N–H and O–H groups in total. The van der Waals surface area contributed by atoms with Crippen molar-refractivity contribution >= 4 is 28.5 Å². The molecular formula is C15H22INO2. The van der Waals surface area contributed by atoms with Crippen LogP contribution < -0.4 is 0 Å². The van der Waals surface area contributed by atoms with Crippen molar-refractivity contribution in [1.82, 2.24) is 4.90 Å². The van der Waals surface area contributed by atoms with Crippen molar-refractivity contribution in [2.75, 3.05) is 6.54 Å². The number of unbranched alkanes of at least 4 members (excludes halogenated alkanes) is 1. The van der Waals surface area contributed by atoms with E-state index in [0.29, 0.717) is 5.56 Å². The van der Waals surface area contributed by atoms with Crippen LogP contribution in [0.15, 0.2) is 18.2 Å². The number of phenolic OH excluding ortho intramolecular Hbond substituents is 1. The van der Waals surface area contributed by atoms with E-state index in [1.165, 1.54) is 0 Å². The normalized spacial score (nSPS) is 12.2. The van der Waals surface area contributed by atoms with Crippen LogP contribution in [0, 0.1) is 3.57 Å². The van der Waals surface area contributed by atoms with Gasteiger partial charge in [-0.05, 0) is 60.6 Å². The molecule has 0 radical (unpaired) electrons. The first kappa shape index (κ1) is 16.3. The minimum Gasteiger partial charge on any atom is -0.507 e. The molecule has 1 unspecified atom stereocenters. The van der Waals surface area contributed by atoms with E-state index < -0.39 is 0 Å². The first-order chi connectivity index (χ1) is 9.01. The largest absolute Gasteiger partial charge is 0.507 e. The van der Waals surface area contributed by atoms with Gasteiger partial charge in [0.1, 0.15) is 5.75 Å². The van der Waals surface area contributed by atoms with Gasteiger partial charge in [-0.2, -0.15) is 0 Å². The van der Waals surface area contributed by atoms with Crippen LogP contribution in [0.1, 0.15) is 50.4 Å². The zero-order valence-electron chi connectivity index (χ0n) is 11.8. The van der Waals surface area contributed by atoms with Crippen molar-refractivity contribution in [1.29, 1.82) is 0 Å². The molecule has 106 valence electrons. The quantitative estimate of drug-likeness (QED) is 0.763. The highest BCUT2D eigenvalue weighted by atomic mass is 127. The highest BCUT2D eigenvalue weighted by molar-refractivity contribution is 14.1. The van der Waals surface area contributed by atoms with Crippen molar-refractivity contribution < 1.29 is 9.90 Å². The van der Waals surface area contributed by atoms with Crippen LogP contribution >= 0.6 is 22.6 Å². The SMILES string of the molecule is CCCCN(C(=O)c1ccc(I)c(O)c1)C(C)CC. The summed E-state index contributed by atoms with van der Waals surface area (Å²) in [6.07, 6.45) is 3.01. The molecule has 0 aliphatic carbocycles. The third-order valence-corrected chi connectivity index (χ3v) is 4.24. The maximum absolute atomic E-state index is 12.5. The second-order valence-electron chi connectivity index (χ2n) is 4.78. The van der Waals surface area contributed by atoms with Crippen LogP contribution in [-0.4, -0.2) is 28.5 Å². The van der Waals surface area contributed by atoms with Gasteiger partial charge >= 0.3 is 0 Å². The van der Waals surface area contributed by atoms with Gasteiger partial charge in [-0.1, -0.05) is 20.3 Å². The predicted octanol–water partition coefficient (Wildman–Crippen LogP) is 4.04. The number of amides is 1. The van der Waals surface area contributed by atoms with Crippen LogP contribution in [0.2, 0.25) is 0 Å². The van der Waals surface area contributed by atoms with Gasteiger partial charge in [0.2, 0.25) is 0 Å². The molecule has 0 bridgehead atoms. The Kier molecular flexibility index (Phi) is 6.62. The lowest BCUT2D eigenvalue weighted by Gasteiger charge is -2.28. The van der Waals surface area contributed by atoms with Gasteiger partial charge in [0.15, 0.2) is 0 Å². The van der Waals surface area contributed by atoms with Gasteiger partial charge in [-0.15, -0.1) is 0 Å². The van der Waals surface area contributed by atoms with Crippen LogP contribution in [0.4, 0.5) is 0 Å². The molecule has 1 aromatic rings. The van der Waals surface area contributed by atoms with Gasteiger partial charge in [0, 0.05) is 18.2 Å². The van der Waals surface area contributed by atoms with E-state index in [2.05, 4.69) is 43.4 Å². The maximum atomic E-state index is 12.5. The number of carbonyl (C=O) groups excluding carboxylic acids is 1. The Bertz CT molecular complexity index is 434. The summed E-state index contributed by atoms with van der Waals surface area (Å²) < 4.78 is 0.762. The minimum atomic E-state index is 0.00880. The second kappa shape index (κ2) is 7.72. The van der Waals surface area contributed by atoms with Crippen LogP contribution in [0.25, 0.3) is 0 Å². The van der Waals surface area contributed by atoms with Crippen LogP contribution in [0.3, 0.4) is 0 Å². The van der Waals surface area contributed by atoms with Crippen molar-refractivity contribution in [3.8, 4) is 5.75 Å². The number of rotatable bonds is 6. The first-order valence-corrected chi connectivity index (χ1v) is 7.88. The Hall–Kier alpha value is -0.780. The summed E-state index contributed by atoms with van der Waals surface area (Å²) in [6, 6.07) is 5.34. The van der Waals surface area contributed by atoms with Gasteiger partial charge in [0.25, 0.3) is 5.91 Å². The maximum Gasteiger partial charge on any atom is 0.254 e. The molecule has 0 fully saturated rings. The van der Waals surface area contributed by atoms with Crippen molar-refractivity contribution in [3.63, 3.8) is 0 Å². The lowest BCUT2D eigenvalue weighted by Crippen LogP contribution is -2.39. The molecule has 19 heavy (non-hydrogen) atoms. The van der Waals surface area contributed by atoms with Crippen LogP contribution in [0.5, 0.6) is 5.75 Å². The van der Waals surface area contributed by atoms with E-state index in [4.69, 9.17) is 0 Å². The zero-order chi connectivity index (χ0) is 14.4. The zero-order valence-corrected chi connectivity index (χ0v) is 14.0. The third kappa shape index (κ3) is 4.37.